The zero-order chi connectivity index (χ0) is 14.5. The fourth-order valence-corrected chi connectivity index (χ4v) is 4.60. The first-order chi connectivity index (χ1) is 10.3. The first kappa shape index (κ1) is 15.3. The predicted octanol–water partition coefficient (Wildman–Crippen LogP) is 4.07. The van der Waals surface area contributed by atoms with Crippen molar-refractivity contribution in [2.24, 2.45) is 5.92 Å². The van der Waals surface area contributed by atoms with Crippen molar-refractivity contribution in [2.75, 3.05) is 19.8 Å². The summed E-state index contributed by atoms with van der Waals surface area (Å²) in [6.45, 7) is 3.53. The Bertz CT molecular complexity index is 570. The number of benzene rings is 1. The summed E-state index contributed by atoms with van der Waals surface area (Å²) in [5, 5.41) is 4.08. The average molecular weight is 341 g/mol. The summed E-state index contributed by atoms with van der Waals surface area (Å²) < 4.78 is 6.37. The van der Waals surface area contributed by atoms with Crippen LogP contribution >= 0.6 is 34.7 Å². The van der Waals surface area contributed by atoms with E-state index in [4.69, 9.17) is 16.3 Å². The van der Waals surface area contributed by atoms with Gasteiger partial charge in [-0.3, -0.25) is 0 Å². The van der Waals surface area contributed by atoms with Gasteiger partial charge in [-0.2, -0.15) is 0 Å². The van der Waals surface area contributed by atoms with E-state index in [-0.39, 0.29) is 0 Å². The van der Waals surface area contributed by atoms with Crippen LogP contribution < -0.4 is 5.32 Å². The molecule has 3 nitrogen and oxygen atoms in total. The molecule has 112 valence electrons. The van der Waals surface area contributed by atoms with Crippen LogP contribution in [0.3, 0.4) is 0 Å². The molecule has 0 amide bonds. The molecule has 1 aromatic heterocycles. The van der Waals surface area contributed by atoms with Crippen molar-refractivity contribution >= 4 is 34.7 Å². The van der Waals surface area contributed by atoms with Gasteiger partial charge in [0.15, 0.2) is 4.34 Å². The number of nitrogens with zero attached hydrogens (tertiary/aromatic N) is 1. The standard InChI is InChI=1S/C15H17ClN2OS2/c16-14-13(9-17-8-11-6-7-19-10-11)21-15(18-14)20-12-4-2-1-3-5-12/h1-5,11,17H,6-10H2/t11-/m0/s1. The molecule has 3 rings (SSSR count). The highest BCUT2D eigenvalue weighted by molar-refractivity contribution is 8.01. The monoisotopic (exact) mass is 340 g/mol. The van der Waals surface area contributed by atoms with Crippen LogP contribution in [0, 0.1) is 5.92 Å². The van der Waals surface area contributed by atoms with E-state index in [2.05, 4.69) is 22.4 Å². The Labute approximate surface area is 138 Å². The van der Waals surface area contributed by atoms with Gasteiger partial charge < -0.3 is 10.1 Å². The molecule has 2 heterocycles. The lowest BCUT2D eigenvalue weighted by atomic mass is 10.1. The molecule has 0 saturated carbocycles. The van der Waals surface area contributed by atoms with E-state index in [0.29, 0.717) is 11.1 Å². The summed E-state index contributed by atoms with van der Waals surface area (Å²) in [6.07, 6.45) is 1.15. The molecule has 6 heteroatoms. The van der Waals surface area contributed by atoms with Crippen molar-refractivity contribution in [1.82, 2.24) is 10.3 Å². The topological polar surface area (TPSA) is 34.2 Å². The van der Waals surface area contributed by atoms with Crippen LogP contribution in [0.2, 0.25) is 5.15 Å². The molecule has 0 radical (unpaired) electrons. The lowest BCUT2D eigenvalue weighted by Crippen LogP contribution is -2.22. The third-order valence-electron chi connectivity index (χ3n) is 3.32. The number of hydrogen-bond donors (Lipinski definition) is 1. The Morgan fingerprint density at radius 1 is 1.38 bits per heavy atom. The van der Waals surface area contributed by atoms with Crippen molar-refractivity contribution in [2.45, 2.75) is 22.2 Å². The van der Waals surface area contributed by atoms with Crippen LogP contribution in [0.5, 0.6) is 0 Å². The highest BCUT2D eigenvalue weighted by Crippen LogP contribution is 2.34. The Kier molecular flexibility index (Phi) is 5.55. The van der Waals surface area contributed by atoms with Crippen LogP contribution in [0.4, 0.5) is 0 Å². The quantitative estimate of drug-likeness (QED) is 0.859. The summed E-state index contributed by atoms with van der Waals surface area (Å²) in [7, 11) is 0. The molecule has 1 aromatic carbocycles. The molecule has 1 N–H and O–H groups in total. The number of hydrogen-bond acceptors (Lipinski definition) is 5. The molecule has 1 saturated heterocycles. The SMILES string of the molecule is Clc1nc(Sc2ccccc2)sc1CNC[C@@H]1CCOC1. The van der Waals surface area contributed by atoms with Crippen LogP contribution in [0.25, 0.3) is 0 Å². The summed E-state index contributed by atoms with van der Waals surface area (Å²) in [5.74, 6) is 0.634. The molecule has 0 bridgehead atoms. The van der Waals surface area contributed by atoms with E-state index in [0.717, 1.165) is 41.9 Å². The minimum Gasteiger partial charge on any atom is -0.381 e. The smallest absolute Gasteiger partial charge is 0.156 e. The minimum atomic E-state index is 0.619. The number of aromatic nitrogens is 1. The highest BCUT2D eigenvalue weighted by Gasteiger charge is 2.16. The van der Waals surface area contributed by atoms with Gasteiger partial charge in [0.25, 0.3) is 0 Å². The number of rotatable bonds is 6. The maximum absolute atomic E-state index is 6.23. The summed E-state index contributed by atoms with van der Waals surface area (Å²) in [6, 6.07) is 10.2. The zero-order valence-corrected chi connectivity index (χ0v) is 13.9. The van der Waals surface area contributed by atoms with E-state index in [1.807, 2.05) is 18.2 Å². The Balaban J connectivity index is 1.54. The largest absolute Gasteiger partial charge is 0.381 e. The van der Waals surface area contributed by atoms with Gasteiger partial charge in [0.1, 0.15) is 5.15 Å². The highest BCUT2D eigenvalue weighted by atomic mass is 35.5. The molecule has 1 atom stereocenters. The third kappa shape index (κ3) is 4.44. The molecule has 1 aliphatic rings. The number of ether oxygens (including phenoxy) is 1. The van der Waals surface area contributed by atoms with E-state index < -0.39 is 0 Å². The molecule has 0 spiro atoms. The number of nitrogens with one attached hydrogen (secondary N) is 1. The van der Waals surface area contributed by atoms with Crippen molar-refractivity contribution in [3.05, 3.63) is 40.4 Å². The molecule has 0 unspecified atom stereocenters. The maximum atomic E-state index is 6.23. The Morgan fingerprint density at radius 3 is 3.00 bits per heavy atom. The fraction of sp³-hybridized carbons (Fsp3) is 0.400. The zero-order valence-electron chi connectivity index (χ0n) is 11.5. The van der Waals surface area contributed by atoms with Crippen molar-refractivity contribution in [3.63, 3.8) is 0 Å². The van der Waals surface area contributed by atoms with Gasteiger partial charge >= 0.3 is 0 Å². The predicted molar refractivity (Wildman–Crippen MR) is 88.3 cm³/mol. The van der Waals surface area contributed by atoms with E-state index in [1.54, 1.807) is 23.1 Å². The van der Waals surface area contributed by atoms with Crippen LogP contribution in [0.1, 0.15) is 11.3 Å². The normalized spacial score (nSPS) is 18.2. The fourth-order valence-electron chi connectivity index (χ4n) is 2.19. The second-order valence-electron chi connectivity index (χ2n) is 4.97. The van der Waals surface area contributed by atoms with E-state index >= 15 is 0 Å². The number of thiazole rings is 1. The van der Waals surface area contributed by atoms with E-state index in [9.17, 15) is 0 Å². The average Bonchev–Trinajstić information content (AvgIpc) is 3.11. The molecule has 21 heavy (non-hydrogen) atoms. The minimum absolute atomic E-state index is 0.619. The second kappa shape index (κ2) is 7.61. The second-order valence-corrected chi connectivity index (χ2v) is 7.73. The van der Waals surface area contributed by atoms with Gasteiger partial charge in [0.2, 0.25) is 0 Å². The molecular weight excluding hydrogens is 324 g/mol. The van der Waals surface area contributed by atoms with Gasteiger partial charge in [-0.05, 0) is 24.5 Å². The lowest BCUT2D eigenvalue weighted by Gasteiger charge is -2.07. The lowest BCUT2D eigenvalue weighted by molar-refractivity contribution is 0.185. The maximum Gasteiger partial charge on any atom is 0.156 e. The van der Waals surface area contributed by atoms with Gasteiger partial charge in [-0.25, -0.2) is 4.98 Å². The molecular formula is C15H17ClN2OS2. The molecule has 1 fully saturated rings. The van der Waals surface area contributed by atoms with Crippen LogP contribution in [0.15, 0.2) is 39.6 Å². The third-order valence-corrected chi connectivity index (χ3v) is 5.87. The number of halogens is 1. The van der Waals surface area contributed by atoms with Gasteiger partial charge in [0.05, 0.1) is 11.5 Å². The van der Waals surface area contributed by atoms with E-state index in [1.165, 1.54) is 4.90 Å². The molecule has 0 aliphatic carbocycles. The van der Waals surface area contributed by atoms with Crippen molar-refractivity contribution in [3.8, 4) is 0 Å². The molecule has 2 aromatic rings. The van der Waals surface area contributed by atoms with Crippen molar-refractivity contribution < 1.29 is 4.74 Å². The molecule has 1 aliphatic heterocycles. The summed E-state index contributed by atoms with van der Waals surface area (Å²) in [5.41, 5.74) is 0. The Morgan fingerprint density at radius 2 is 2.24 bits per heavy atom. The first-order valence-corrected chi connectivity index (χ1v) is 8.99. The Hall–Kier alpha value is -0.590. The van der Waals surface area contributed by atoms with Gasteiger partial charge in [-0.1, -0.05) is 41.6 Å². The first-order valence-electron chi connectivity index (χ1n) is 6.98. The summed E-state index contributed by atoms with van der Waals surface area (Å²) >= 11 is 9.55. The summed E-state index contributed by atoms with van der Waals surface area (Å²) in [4.78, 5) is 6.73. The van der Waals surface area contributed by atoms with Gasteiger partial charge in [-0.15, -0.1) is 11.3 Å². The van der Waals surface area contributed by atoms with Gasteiger partial charge in [0, 0.05) is 24.6 Å². The van der Waals surface area contributed by atoms with Crippen molar-refractivity contribution in [1.29, 1.82) is 0 Å². The van der Waals surface area contributed by atoms with Crippen LogP contribution in [-0.4, -0.2) is 24.7 Å². The van der Waals surface area contributed by atoms with Crippen LogP contribution in [-0.2, 0) is 11.3 Å².